The third-order valence-electron chi connectivity index (χ3n) is 7.45. The second-order valence-corrected chi connectivity index (χ2v) is 11.1. The highest BCUT2D eigenvalue weighted by Crippen LogP contribution is 2.37. The summed E-state index contributed by atoms with van der Waals surface area (Å²) in [4.78, 5) is 19.8. The fraction of sp³-hybridized carbons (Fsp3) is 0.276. The molecule has 196 valence electrons. The van der Waals surface area contributed by atoms with E-state index in [1.54, 1.807) is 6.20 Å². The van der Waals surface area contributed by atoms with Gasteiger partial charge in [0.25, 0.3) is 0 Å². The lowest BCUT2D eigenvalue weighted by Gasteiger charge is -2.45. The maximum absolute atomic E-state index is 12.1. The number of carboxylic acid groups (broad SMARTS) is 1. The fourth-order valence-corrected chi connectivity index (χ4v) is 5.20. The Bertz CT molecular complexity index is 1630. The zero-order valence-electron chi connectivity index (χ0n) is 21.8. The van der Waals surface area contributed by atoms with Gasteiger partial charge in [0.15, 0.2) is 0 Å². The van der Waals surface area contributed by atoms with Gasteiger partial charge in [0, 0.05) is 34.6 Å². The van der Waals surface area contributed by atoms with Crippen LogP contribution in [0, 0.1) is 12.3 Å². The van der Waals surface area contributed by atoms with E-state index in [4.69, 9.17) is 11.6 Å². The number of fused-ring (bicyclic) bond motifs is 2. The van der Waals surface area contributed by atoms with E-state index in [2.05, 4.69) is 36.9 Å². The summed E-state index contributed by atoms with van der Waals surface area (Å²) in [6.45, 7) is 8.44. The summed E-state index contributed by atoms with van der Waals surface area (Å²) >= 11 is 6.52. The molecule has 9 heteroatoms. The van der Waals surface area contributed by atoms with E-state index in [1.165, 1.54) is 0 Å². The van der Waals surface area contributed by atoms with Gasteiger partial charge in [-0.2, -0.15) is 5.10 Å². The number of nitrogens with zero attached hydrogens (tertiary/aromatic N) is 2. The average molecular weight is 531 g/mol. The molecule has 2 aromatic carbocycles. The van der Waals surface area contributed by atoms with Crippen LogP contribution in [0.2, 0.25) is 5.15 Å². The van der Waals surface area contributed by atoms with E-state index in [-0.39, 0.29) is 0 Å². The number of halogens is 1. The molecule has 5 aromatic rings. The SMILES string of the molecule is Cc1n[nH]c2ccc(-c3cc(NC[C@@](Cc4c[nH]c5ccccc45)(NC(=O)O)C(C)(C)C)cnc3Cl)cc12. The van der Waals surface area contributed by atoms with Crippen molar-refractivity contribution < 1.29 is 9.90 Å². The second-order valence-electron chi connectivity index (χ2n) is 10.8. The Morgan fingerprint density at radius 1 is 1.08 bits per heavy atom. The number of aromatic amines is 2. The highest BCUT2D eigenvalue weighted by atomic mass is 35.5. The van der Waals surface area contributed by atoms with Gasteiger partial charge in [-0.05, 0) is 54.2 Å². The number of para-hydroxylation sites is 1. The molecule has 3 heterocycles. The highest BCUT2D eigenvalue weighted by molar-refractivity contribution is 6.32. The molecule has 0 aliphatic rings. The van der Waals surface area contributed by atoms with Crippen LogP contribution in [0.4, 0.5) is 10.5 Å². The van der Waals surface area contributed by atoms with Gasteiger partial charge in [0.05, 0.1) is 28.6 Å². The smallest absolute Gasteiger partial charge is 0.405 e. The molecule has 0 saturated heterocycles. The van der Waals surface area contributed by atoms with Gasteiger partial charge in [-0.3, -0.25) is 5.10 Å². The van der Waals surface area contributed by atoms with Crippen molar-refractivity contribution in [3.05, 3.63) is 77.3 Å². The maximum atomic E-state index is 12.1. The number of hydrogen-bond acceptors (Lipinski definition) is 4. The van der Waals surface area contributed by atoms with E-state index in [0.29, 0.717) is 18.1 Å². The molecule has 0 aliphatic heterocycles. The lowest BCUT2D eigenvalue weighted by molar-refractivity contribution is 0.126. The van der Waals surface area contributed by atoms with E-state index in [9.17, 15) is 9.90 Å². The van der Waals surface area contributed by atoms with Gasteiger partial charge in [0.1, 0.15) is 5.15 Å². The first kappa shape index (κ1) is 25.6. The number of aryl methyl sites for hydroxylation is 1. The van der Waals surface area contributed by atoms with Crippen molar-refractivity contribution in [2.45, 2.75) is 39.7 Å². The number of nitrogens with one attached hydrogen (secondary N) is 4. The summed E-state index contributed by atoms with van der Waals surface area (Å²) in [7, 11) is 0. The molecule has 5 rings (SSSR count). The number of hydrogen-bond donors (Lipinski definition) is 5. The van der Waals surface area contributed by atoms with Crippen molar-refractivity contribution in [2.75, 3.05) is 11.9 Å². The predicted octanol–water partition coefficient (Wildman–Crippen LogP) is 6.78. The quantitative estimate of drug-likeness (QED) is 0.149. The lowest BCUT2D eigenvalue weighted by Crippen LogP contribution is -2.62. The molecule has 5 N–H and O–H groups in total. The maximum Gasteiger partial charge on any atom is 0.405 e. The van der Waals surface area contributed by atoms with Crippen LogP contribution in [0.5, 0.6) is 0 Å². The first-order valence-corrected chi connectivity index (χ1v) is 12.8. The Kier molecular flexibility index (Phi) is 6.53. The summed E-state index contributed by atoms with van der Waals surface area (Å²) in [6, 6.07) is 16.0. The van der Waals surface area contributed by atoms with Crippen LogP contribution in [0.15, 0.2) is 60.9 Å². The molecule has 0 aliphatic carbocycles. The summed E-state index contributed by atoms with van der Waals surface area (Å²) in [5.41, 5.74) is 5.11. The Labute approximate surface area is 225 Å². The number of H-pyrrole nitrogens is 2. The third-order valence-corrected chi connectivity index (χ3v) is 7.75. The summed E-state index contributed by atoms with van der Waals surface area (Å²) in [6.07, 6.45) is 3.06. The second kappa shape index (κ2) is 9.68. The number of amides is 1. The zero-order chi connectivity index (χ0) is 27.1. The molecule has 0 saturated carbocycles. The van der Waals surface area contributed by atoms with Crippen LogP contribution < -0.4 is 10.6 Å². The van der Waals surface area contributed by atoms with Crippen molar-refractivity contribution >= 4 is 45.2 Å². The highest BCUT2D eigenvalue weighted by Gasteiger charge is 2.44. The first-order valence-electron chi connectivity index (χ1n) is 12.5. The van der Waals surface area contributed by atoms with E-state index in [1.807, 2.05) is 76.4 Å². The van der Waals surface area contributed by atoms with E-state index < -0.39 is 17.0 Å². The molecular formula is C29H31ClN6O2. The van der Waals surface area contributed by atoms with Crippen LogP contribution >= 0.6 is 11.6 Å². The number of benzene rings is 2. The van der Waals surface area contributed by atoms with Crippen molar-refractivity contribution in [2.24, 2.45) is 5.41 Å². The Morgan fingerprint density at radius 3 is 2.63 bits per heavy atom. The average Bonchev–Trinajstić information content (AvgIpc) is 3.45. The number of carbonyl (C=O) groups is 1. The molecule has 38 heavy (non-hydrogen) atoms. The number of pyridine rings is 1. The molecule has 1 amide bonds. The van der Waals surface area contributed by atoms with Crippen LogP contribution in [-0.4, -0.2) is 43.4 Å². The number of rotatable bonds is 7. The minimum Gasteiger partial charge on any atom is -0.465 e. The van der Waals surface area contributed by atoms with Crippen LogP contribution in [-0.2, 0) is 6.42 Å². The Balaban J connectivity index is 1.49. The number of anilines is 1. The van der Waals surface area contributed by atoms with Gasteiger partial charge in [-0.25, -0.2) is 9.78 Å². The van der Waals surface area contributed by atoms with Crippen molar-refractivity contribution in [1.29, 1.82) is 0 Å². The van der Waals surface area contributed by atoms with E-state index >= 15 is 0 Å². The first-order chi connectivity index (χ1) is 18.1. The summed E-state index contributed by atoms with van der Waals surface area (Å²) in [5.74, 6) is 0. The van der Waals surface area contributed by atoms with Crippen molar-refractivity contribution in [3.8, 4) is 11.1 Å². The largest absolute Gasteiger partial charge is 0.465 e. The molecule has 1 atom stereocenters. The van der Waals surface area contributed by atoms with Gasteiger partial charge in [-0.1, -0.05) is 56.6 Å². The molecule has 0 spiro atoms. The Morgan fingerprint density at radius 2 is 1.87 bits per heavy atom. The summed E-state index contributed by atoms with van der Waals surface area (Å²) < 4.78 is 0. The topological polar surface area (TPSA) is 119 Å². The zero-order valence-corrected chi connectivity index (χ0v) is 22.6. The van der Waals surface area contributed by atoms with Crippen molar-refractivity contribution in [1.82, 2.24) is 25.5 Å². The molecule has 0 fully saturated rings. The van der Waals surface area contributed by atoms with Gasteiger partial charge >= 0.3 is 6.09 Å². The van der Waals surface area contributed by atoms with Crippen LogP contribution in [0.3, 0.4) is 0 Å². The fourth-order valence-electron chi connectivity index (χ4n) is 4.99. The minimum absolute atomic E-state index is 0.338. The van der Waals surface area contributed by atoms with Gasteiger partial charge < -0.3 is 20.7 Å². The molecule has 0 unspecified atom stereocenters. The van der Waals surface area contributed by atoms with Gasteiger partial charge in [0.2, 0.25) is 0 Å². The molecule has 8 nitrogen and oxygen atoms in total. The Hall–Kier alpha value is -4.04. The third kappa shape index (κ3) is 4.79. The molecule has 0 bridgehead atoms. The predicted molar refractivity (Wildman–Crippen MR) is 153 cm³/mol. The van der Waals surface area contributed by atoms with Crippen LogP contribution in [0.25, 0.3) is 32.9 Å². The number of aromatic nitrogens is 4. The summed E-state index contributed by atoms with van der Waals surface area (Å²) in [5, 5.41) is 26.0. The molecule has 0 radical (unpaired) electrons. The van der Waals surface area contributed by atoms with Crippen molar-refractivity contribution in [3.63, 3.8) is 0 Å². The van der Waals surface area contributed by atoms with Gasteiger partial charge in [-0.15, -0.1) is 0 Å². The lowest BCUT2D eigenvalue weighted by atomic mass is 9.70. The molecular weight excluding hydrogens is 500 g/mol. The molecule has 3 aromatic heterocycles. The normalized spacial score (nSPS) is 13.5. The monoisotopic (exact) mass is 530 g/mol. The van der Waals surface area contributed by atoms with E-state index in [0.717, 1.165) is 49.9 Å². The minimum atomic E-state index is -1.07. The van der Waals surface area contributed by atoms with Crippen LogP contribution in [0.1, 0.15) is 32.0 Å². The standard InChI is InChI=1S/C29H31ClN6O2/c1-17-22-11-18(9-10-25(22)36-35-17)23-12-20(15-32-26(23)30)33-16-29(28(2,3)4,34-27(37)38)13-19-14-31-24-8-6-5-7-21(19)24/h5-12,14-15,31,33-34H,13,16H2,1-4H3,(H,35,36)(H,37,38)/t29-/m1/s1.